The lowest BCUT2D eigenvalue weighted by Gasteiger charge is -2.23. The summed E-state index contributed by atoms with van der Waals surface area (Å²) >= 11 is 4.73. The molecule has 1 aromatic heterocycles. The van der Waals surface area contributed by atoms with E-state index in [9.17, 15) is 8.78 Å². The van der Waals surface area contributed by atoms with E-state index in [-0.39, 0.29) is 18.1 Å². The van der Waals surface area contributed by atoms with Gasteiger partial charge in [0.05, 0.1) is 30.7 Å². The zero-order chi connectivity index (χ0) is 12.8. The van der Waals surface area contributed by atoms with E-state index in [1.807, 2.05) is 0 Å². The molecule has 4 nitrogen and oxygen atoms in total. The van der Waals surface area contributed by atoms with Gasteiger partial charge in [0.15, 0.2) is 0 Å². The molecule has 94 valence electrons. The van der Waals surface area contributed by atoms with Gasteiger partial charge >= 0.3 is 0 Å². The largest absolute Gasteiger partial charge is 0.395 e. The number of pyridine rings is 1. The molecule has 0 unspecified atom stereocenters. The predicted octanol–water partition coefficient (Wildman–Crippen LogP) is 0.780. The summed E-state index contributed by atoms with van der Waals surface area (Å²) in [5.41, 5.74) is 6.31. The lowest BCUT2D eigenvalue weighted by atomic mass is 10.3. The Balaban J connectivity index is 2.83. The van der Waals surface area contributed by atoms with Crippen LogP contribution in [-0.2, 0) is 0 Å². The topological polar surface area (TPSA) is 62.4 Å². The summed E-state index contributed by atoms with van der Waals surface area (Å²) in [7, 11) is 0. The summed E-state index contributed by atoms with van der Waals surface area (Å²) in [5.74, 6) is 0. The molecule has 0 saturated heterocycles. The van der Waals surface area contributed by atoms with Crippen molar-refractivity contribution in [3.05, 3.63) is 24.0 Å². The molecule has 0 saturated carbocycles. The summed E-state index contributed by atoms with van der Waals surface area (Å²) < 4.78 is 24.6. The van der Waals surface area contributed by atoms with Gasteiger partial charge in [0.25, 0.3) is 6.43 Å². The first-order valence-electron chi connectivity index (χ1n) is 4.94. The Morgan fingerprint density at radius 2 is 2.24 bits per heavy atom. The highest BCUT2D eigenvalue weighted by molar-refractivity contribution is 7.80. The molecule has 1 rings (SSSR count). The highest BCUT2D eigenvalue weighted by Gasteiger charge is 2.12. The lowest BCUT2D eigenvalue weighted by Crippen LogP contribution is -2.31. The first kappa shape index (κ1) is 13.7. The summed E-state index contributed by atoms with van der Waals surface area (Å²) in [6.07, 6.45) is -1.07. The second kappa shape index (κ2) is 6.41. The molecule has 0 aliphatic rings. The number of aromatic nitrogens is 1. The normalized spacial score (nSPS) is 10.6. The van der Waals surface area contributed by atoms with Gasteiger partial charge in [-0.05, 0) is 12.1 Å². The Morgan fingerprint density at radius 1 is 1.53 bits per heavy atom. The molecule has 0 atom stereocenters. The van der Waals surface area contributed by atoms with E-state index in [2.05, 4.69) is 4.98 Å². The van der Waals surface area contributed by atoms with Crippen LogP contribution in [0.25, 0.3) is 0 Å². The molecule has 0 aliphatic carbocycles. The van der Waals surface area contributed by atoms with Crippen molar-refractivity contribution >= 4 is 22.9 Å². The van der Waals surface area contributed by atoms with Gasteiger partial charge in [0, 0.05) is 6.54 Å². The monoisotopic (exact) mass is 261 g/mol. The Kier molecular flexibility index (Phi) is 5.17. The van der Waals surface area contributed by atoms with Gasteiger partial charge in [-0.15, -0.1) is 0 Å². The third kappa shape index (κ3) is 4.20. The van der Waals surface area contributed by atoms with Crippen molar-refractivity contribution in [1.29, 1.82) is 0 Å². The molecule has 0 bridgehead atoms. The van der Waals surface area contributed by atoms with E-state index in [1.54, 1.807) is 12.1 Å². The first-order valence-corrected chi connectivity index (χ1v) is 5.35. The Hall–Kier alpha value is -1.34. The van der Waals surface area contributed by atoms with Crippen LogP contribution in [0.3, 0.4) is 0 Å². The molecular formula is C10H13F2N3OS. The van der Waals surface area contributed by atoms with Crippen LogP contribution in [-0.4, -0.2) is 41.2 Å². The molecule has 0 fully saturated rings. The summed E-state index contributed by atoms with van der Waals surface area (Å²) in [6, 6.07) is 3.16. The highest BCUT2D eigenvalue weighted by Crippen LogP contribution is 2.14. The summed E-state index contributed by atoms with van der Waals surface area (Å²) in [4.78, 5) is 5.45. The Labute approximate surface area is 103 Å². The summed E-state index contributed by atoms with van der Waals surface area (Å²) in [6.45, 7) is -0.531. The SMILES string of the molecule is NC(=S)c1ccc(N(CCO)CC(F)F)cn1. The van der Waals surface area contributed by atoms with Crippen LogP contribution in [0.4, 0.5) is 14.5 Å². The number of nitrogens with zero attached hydrogens (tertiary/aromatic N) is 2. The molecule has 0 radical (unpaired) electrons. The van der Waals surface area contributed by atoms with Gasteiger partial charge in [-0.3, -0.25) is 4.98 Å². The Morgan fingerprint density at radius 3 is 2.65 bits per heavy atom. The minimum Gasteiger partial charge on any atom is -0.395 e. The van der Waals surface area contributed by atoms with Crippen LogP contribution in [0.15, 0.2) is 18.3 Å². The number of hydrogen-bond donors (Lipinski definition) is 2. The number of hydrogen-bond acceptors (Lipinski definition) is 4. The molecule has 17 heavy (non-hydrogen) atoms. The van der Waals surface area contributed by atoms with Crippen molar-refractivity contribution in [3.8, 4) is 0 Å². The van der Waals surface area contributed by atoms with Gasteiger partial charge < -0.3 is 15.7 Å². The number of alkyl halides is 2. The Bertz CT molecular complexity index is 372. The van der Waals surface area contributed by atoms with Gasteiger partial charge in [-0.25, -0.2) is 8.78 Å². The molecular weight excluding hydrogens is 248 g/mol. The number of anilines is 1. The highest BCUT2D eigenvalue weighted by atomic mass is 32.1. The van der Waals surface area contributed by atoms with Crippen molar-refractivity contribution in [2.24, 2.45) is 5.73 Å². The summed E-state index contributed by atoms with van der Waals surface area (Å²) in [5, 5.41) is 8.81. The quantitative estimate of drug-likeness (QED) is 0.741. The number of aliphatic hydroxyl groups excluding tert-OH is 1. The van der Waals surface area contributed by atoms with Crippen LogP contribution in [0, 0.1) is 0 Å². The minimum absolute atomic E-state index is 0.123. The predicted molar refractivity (Wildman–Crippen MR) is 65.4 cm³/mol. The smallest absolute Gasteiger partial charge is 0.255 e. The van der Waals surface area contributed by atoms with Crippen LogP contribution in [0.1, 0.15) is 5.69 Å². The van der Waals surface area contributed by atoms with Crippen molar-refractivity contribution in [2.45, 2.75) is 6.43 Å². The standard InChI is InChI=1S/C10H13F2N3OS/c11-9(12)6-15(3-4-16)7-1-2-8(10(13)17)14-5-7/h1-2,5,9,16H,3-4,6H2,(H2,13,17). The maximum atomic E-state index is 12.3. The number of rotatable bonds is 6. The number of thiocarbonyl (C=S) groups is 1. The number of aliphatic hydroxyl groups is 1. The lowest BCUT2D eigenvalue weighted by molar-refractivity contribution is 0.153. The molecule has 0 spiro atoms. The molecule has 0 aromatic carbocycles. The van der Waals surface area contributed by atoms with Crippen molar-refractivity contribution < 1.29 is 13.9 Å². The van der Waals surface area contributed by atoms with Crippen LogP contribution < -0.4 is 10.6 Å². The zero-order valence-electron chi connectivity index (χ0n) is 9.01. The van der Waals surface area contributed by atoms with E-state index in [1.165, 1.54) is 11.1 Å². The second-order valence-corrected chi connectivity index (χ2v) is 3.77. The molecule has 0 amide bonds. The molecule has 0 aliphatic heterocycles. The van der Waals surface area contributed by atoms with Gasteiger partial charge in [-0.1, -0.05) is 12.2 Å². The maximum absolute atomic E-state index is 12.3. The van der Waals surface area contributed by atoms with Crippen molar-refractivity contribution in [2.75, 3.05) is 24.6 Å². The van der Waals surface area contributed by atoms with Crippen LogP contribution in [0.2, 0.25) is 0 Å². The fourth-order valence-corrected chi connectivity index (χ4v) is 1.45. The molecule has 7 heteroatoms. The number of nitrogens with two attached hydrogens (primary N) is 1. The van der Waals surface area contributed by atoms with Gasteiger partial charge in [0.2, 0.25) is 0 Å². The van der Waals surface area contributed by atoms with E-state index < -0.39 is 13.0 Å². The minimum atomic E-state index is -2.48. The van der Waals surface area contributed by atoms with Crippen LogP contribution in [0.5, 0.6) is 0 Å². The zero-order valence-corrected chi connectivity index (χ0v) is 9.83. The van der Waals surface area contributed by atoms with E-state index in [4.69, 9.17) is 23.1 Å². The fraction of sp³-hybridized carbons (Fsp3) is 0.400. The first-order chi connectivity index (χ1) is 8.04. The van der Waals surface area contributed by atoms with E-state index >= 15 is 0 Å². The van der Waals surface area contributed by atoms with Crippen LogP contribution >= 0.6 is 12.2 Å². The van der Waals surface area contributed by atoms with E-state index in [0.29, 0.717) is 11.4 Å². The average Bonchev–Trinajstić information content (AvgIpc) is 2.28. The third-order valence-corrected chi connectivity index (χ3v) is 2.30. The maximum Gasteiger partial charge on any atom is 0.255 e. The number of halogens is 2. The fourth-order valence-electron chi connectivity index (χ4n) is 1.33. The van der Waals surface area contributed by atoms with Gasteiger partial charge in [-0.2, -0.15) is 0 Å². The molecule has 3 N–H and O–H groups in total. The van der Waals surface area contributed by atoms with Gasteiger partial charge in [0.1, 0.15) is 4.99 Å². The average molecular weight is 261 g/mol. The second-order valence-electron chi connectivity index (χ2n) is 3.33. The van der Waals surface area contributed by atoms with Crippen molar-refractivity contribution in [1.82, 2.24) is 4.98 Å². The molecule has 1 aromatic rings. The molecule has 1 heterocycles. The third-order valence-electron chi connectivity index (χ3n) is 2.09. The van der Waals surface area contributed by atoms with Crippen molar-refractivity contribution in [3.63, 3.8) is 0 Å². The van der Waals surface area contributed by atoms with E-state index in [0.717, 1.165) is 0 Å².